The Labute approximate surface area is 224 Å². The number of pyridine rings is 2. The van der Waals surface area contributed by atoms with Gasteiger partial charge in [0.1, 0.15) is 5.39 Å². The van der Waals surface area contributed by atoms with Crippen LogP contribution in [0.25, 0.3) is 33.1 Å². The first-order valence-corrected chi connectivity index (χ1v) is 13.0. The Morgan fingerprint density at radius 3 is 2.33 bits per heavy atom. The quantitative estimate of drug-likeness (QED) is 0.306. The predicted octanol–water partition coefficient (Wildman–Crippen LogP) is 4.72. The molecule has 0 spiro atoms. The predicted molar refractivity (Wildman–Crippen MR) is 153 cm³/mol. The van der Waals surface area contributed by atoms with Crippen LogP contribution in [0, 0.1) is 5.92 Å². The second kappa shape index (κ2) is 10.1. The third-order valence-corrected chi connectivity index (χ3v) is 6.86. The van der Waals surface area contributed by atoms with E-state index >= 15 is 0 Å². The molecule has 0 radical (unpaired) electrons. The van der Waals surface area contributed by atoms with Crippen LogP contribution in [0.3, 0.4) is 0 Å². The van der Waals surface area contributed by atoms with Gasteiger partial charge in [0.2, 0.25) is 0 Å². The summed E-state index contributed by atoms with van der Waals surface area (Å²) in [5.74, 6) is 0.166. The number of hydrogen-bond donors (Lipinski definition) is 0. The van der Waals surface area contributed by atoms with Crippen LogP contribution in [0.2, 0.25) is 0 Å². The normalized spacial score (nSPS) is 11.6. The summed E-state index contributed by atoms with van der Waals surface area (Å²) in [6.07, 6.45) is 5.07. The van der Waals surface area contributed by atoms with Crippen LogP contribution in [-0.2, 0) is 19.6 Å². The van der Waals surface area contributed by atoms with E-state index in [0.29, 0.717) is 35.5 Å². The maximum Gasteiger partial charge on any atom is 0.333 e. The van der Waals surface area contributed by atoms with Crippen molar-refractivity contribution >= 4 is 21.8 Å². The molecule has 8 heteroatoms. The largest absolute Gasteiger partial charge is 0.333 e. The summed E-state index contributed by atoms with van der Waals surface area (Å²) >= 11 is 0. The van der Waals surface area contributed by atoms with Crippen molar-refractivity contribution in [3.05, 3.63) is 123 Å². The second-order valence-corrected chi connectivity index (χ2v) is 10.1. The van der Waals surface area contributed by atoms with E-state index in [4.69, 9.17) is 5.10 Å². The van der Waals surface area contributed by atoms with Gasteiger partial charge in [0.05, 0.1) is 24.5 Å². The van der Waals surface area contributed by atoms with E-state index in [0.717, 1.165) is 21.9 Å². The van der Waals surface area contributed by atoms with Crippen LogP contribution < -0.4 is 11.2 Å². The first-order chi connectivity index (χ1) is 19.0. The highest BCUT2D eigenvalue weighted by Gasteiger charge is 2.24. The first kappa shape index (κ1) is 24.5. The lowest BCUT2D eigenvalue weighted by Crippen LogP contribution is -2.41. The third kappa shape index (κ3) is 4.54. The van der Waals surface area contributed by atoms with Crippen LogP contribution in [0.1, 0.15) is 25.1 Å². The van der Waals surface area contributed by atoms with E-state index in [1.165, 1.54) is 4.57 Å². The van der Waals surface area contributed by atoms with E-state index in [2.05, 4.69) is 34.2 Å². The fourth-order valence-electron chi connectivity index (χ4n) is 5.13. The van der Waals surface area contributed by atoms with Gasteiger partial charge in [-0.15, -0.1) is 0 Å². The Morgan fingerprint density at radius 1 is 0.795 bits per heavy atom. The van der Waals surface area contributed by atoms with Crippen LogP contribution >= 0.6 is 0 Å². The summed E-state index contributed by atoms with van der Waals surface area (Å²) in [6, 6.07) is 23.6. The van der Waals surface area contributed by atoms with Crippen molar-refractivity contribution in [3.63, 3.8) is 0 Å². The van der Waals surface area contributed by atoms with Gasteiger partial charge in [-0.2, -0.15) is 5.10 Å². The fraction of sp³-hybridized carbons (Fsp3) is 0.194. The molecule has 0 bridgehead atoms. The van der Waals surface area contributed by atoms with Gasteiger partial charge < -0.3 is 0 Å². The van der Waals surface area contributed by atoms with E-state index in [1.54, 1.807) is 23.2 Å². The first-order valence-electron chi connectivity index (χ1n) is 13.0. The highest BCUT2D eigenvalue weighted by molar-refractivity contribution is 5.91. The molecule has 0 aliphatic rings. The smallest absolute Gasteiger partial charge is 0.276 e. The molecule has 0 amide bonds. The lowest BCUT2D eigenvalue weighted by molar-refractivity contribution is 0.491. The molecular weight excluding hydrogens is 488 g/mol. The molecule has 0 saturated carbocycles. The van der Waals surface area contributed by atoms with Gasteiger partial charge in [0, 0.05) is 30.7 Å². The zero-order chi connectivity index (χ0) is 26.9. The Morgan fingerprint density at radius 2 is 1.56 bits per heavy atom. The number of fused-ring (bicyclic) bond motifs is 2. The Balaban J connectivity index is 1.65. The molecule has 8 nitrogen and oxygen atoms in total. The molecule has 0 aliphatic carbocycles. The summed E-state index contributed by atoms with van der Waals surface area (Å²) in [5, 5.41) is 7.61. The molecule has 0 atom stereocenters. The van der Waals surface area contributed by atoms with E-state index < -0.39 is 0 Å². The van der Waals surface area contributed by atoms with Crippen molar-refractivity contribution in [2.45, 2.75) is 33.5 Å². The highest BCUT2D eigenvalue weighted by atomic mass is 16.2. The van der Waals surface area contributed by atoms with Crippen molar-refractivity contribution in [2.24, 2.45) is 5.92 Å². The molecule has 6 aromatic rings. The standard InChI is InChI=1S/C31H28N6O2/c1-21(2)18-35-29-27(30(38)36(31(35)39)20-25-11-5-6-15-33-25)28(23-13-16-32-17-14-23)37(34-29)19-24-10-7-9-22-8-3-4-12-26(22)24/h3-17,21H,18-20H2,1-2H3. The molecule has 0 N–H and O–H groups in total. The van der Waals surface area contributed by atoms with Gasteiger partial charge in [-0.3, -0.25) is 28.6 Å². The summed E-state index contributed by atoms with van der Waals surface area (Å²) in [5.41, 5.74) is 2.81. The number of rotatable bonds is 7. The van der Waals surface area contributed by atoms with Gasteiger partial charge in [0.25, 0.3) is 5.56 Å². The summed E-state index contributed by atoms with van der Waals surface area (Å²) < 4.78 is 4.76. The summed E-state index contributed by atoms with van der Waals surface area (Å²) in [4.78, 5) is 36.4. The van der Waals surface area contributed by atoms with Crippen molar-refractivity contribution < 1.29 is 0 Å². The monoisotopic (exact) mass is 516 g/mol. The molecule has 0 fully saturated rings. The van der Waals surface area contributed by atoms with Crippen LogP contribution in [0.15, 0.2) is 101 Å². The lowest BCUT2D eigenvalue weighted by atomic mass is 10.0. The average molecular weight is 517 g/mol. The Kier molecular flexibility index (Phi) is 6.36. The van der Waals surface area contributed by atoms with Crippen LogP contribution in [0.5, 0.6) is 0 Å². The number of aromatic nitrogens is 6. The van der Waals surface area contributed by atoms with Gasteiger partial charge in [-0.05, 0) is 46.5 Å². The molecule has 0 unspecified atom stereocenters. The van der Waals surface area contributed by atoms with Crippen molar-refractivity contribution in [2.75, 3.05) is 0 Å². The minimum Gasteiger partial charge on any atom is -0.276 e. The maximum absolute atomic E-state index is 14.1. The van der Waals surface area contributed by atoms with Gasteiger partial charge >= 0.3 is 5.69 Å². The topological polar surface area (TPSA) is 87.6 Å². The number of benzene rings is 2. The van der Waals surface area contributed by atoms with Crippen molar-refractivity contribution in [1.29, 1.82) is 0 Å². The molecule has 6 rings (SSSR count). The maximum atomic E-state index is 14.1. The second-order valence-electron chi connectivity index (χ2n) is 10.1. The zero-order valence-corrected chi connectivity index (χ0v) is 21.9. The van der Waals surface area contributed by atoms with Gasteiger partial charge in [0.15, 0.2) is 5.65 Å². The van der Waals surface area contributed by atoms with Gasteiger partial charge in [-0.25, -0.2) is 4.79 Å². The molecule has 4 heterocycles. The average Bonchev–Trinajstić information content (AvgIpc) is 3.33. The summed E-state index contributed by atoms with van der Waals surface area (Å²) in [7, 11) is 0. The molecule has 39 heavy (non-hydrogen) atoms. The van der Waals surface area contributed by atoms with E-state index in [9.17, 15) is 9.59 Å². The third-order valence-electron chi connectivity index (χ3n) is 6.86. The molecule has 2 aromatic carbocycles. The van der Waals surface area contributed by atoms with E-state index in [-0.39, 0.29) is 23.7 Å². The SMILES string of the molecule is CC(C)Cn1c(=O)n(Cc2ccccn2)c(=O)c2c(-c3ccncc3)n(Cc3cccc4ccccc34)nc21. The molecular formula is C31H28N6O2. The van der Waals surface area contributed by atoms with Crippen LogP contribution in [-0.4, -0.2) is 28.9 Å². The Hall–Kier alpha value is -4.85. The van der Waals surface area contributed by atoms with E-state index in [1.807, 2.05) is 67.1 Å². The zero-order valence-electron chi connectivity index (χ0n) is 21.9. The Bertz CT molecular complexity index is 1900. The van der Waals surface area contributed by atoms with Crippen LogP contribution in [0.4, 0.5) is 0 Å². The van der Waals surface area contributed by atoms with Crippen molar-refractivity contribution in [1.82, 2.24) is 28.9 Å². The molecule has 4 aromatic heterocycles. The molecule has 0 saturated heterocycles. The minimum atomic E-state index is -0.386. The number of hydrogen-bond acceptors (Lipinski definition) is 5. The van der Waals surface area contributed by atoms with Gasteiger partial charge in [-0.1, -0.05) is 62.4 Å². The summed E-state index contributed by atoms with van der Waals surface area (Å²) in [6.45, 7) is 5.03. The minimum absolute atomic E-state index is 0.0802. The highest BCUT2D eigenvalue weighted by Crippen LogP contribution is 2.28. The molecule has 0 aliphatic heterocycles. The fourth-order valence-corrected chi connectivity index (χ4v) is 5.13. The lowest BCUT2D eigenvalue weighted by Gasteiger charge is -2.13. The van der Waals surface area contributed by atoms with Crippen molar-refractivity contribution in [3.8, 4) is 11.3 Å². The number of nitrogens with zero attached hydrogens (tertiary/aromatic N) is 6. The molecule has 194 valence electrons.